The minimum absolute atomic E-state index is 0.0489. The molecule has 4 aromatic rings. The van der Waals surface area contributed by atoms with E-state index < -0.39 is 0 Å². The Morgan fingerprint density at radius 2 is 1.85 bits per heavy atom. The number of carbonyl (C=O) groups excluding carboxylic acids is 1. The molecule has 2 aromatic heterocycles. The van der Waals surface area contributed by atoms with E-state index in [1.807, 2.05) is 68.6 Å². The SMILES string of the molecule is CNc1nc(C)c(-c2ccnc(Nc3cccc(NC(=O)CCc4ccc(OC)cc4)c3)n2)s1. The third kappa shape index (κ3) is 5.87. The molecule has 0 spiro atoms. The van der Waals surface area contributed by atoms with Crippen LogP contribution in [0.3, 0.4) is 0 Å². The molecule has 0 aliphatic carbocycles. The van der Waals surface area contributed by atoms with E-state index in [1.165, 1.54) is 0 Å². The summed E-state index contributed by atoms with van der Waals surface area (Å²) in [7, 11) is 3.48. The first-order valence-electron chi connectivity index (χ1n) is 10.8. The fourth-order valence-electron chi connectivity index (χ4n) is 3.36. The van der Waals surface area contributed by atoms with Crippen LogP contribution < -0.4 is 20.7 Å². The molecule has 34 heavy (non-hydrogen) atoms. The second-order valence-electron chi connectivity index (χ2n) is 7.55. The molecule has 2 aromatic carbocycles. The summed E-state index contributed by atoms with van der Waals surface area (Å²) in [5.41, 5.74) is 4.29. The minimum Gasteiger partial charge on any atom is -0.497 e. The molecule has 0 aliphatic heterocycles. The Labute approximate surface area is 202 Å². The number of thiazole rings is 1. The molecule has 0 saturated heterocycles. The normalized spacial score (nSPS) is 10.6. The molecule has 174 valence electrons. The molecular formula is C25H26N6O2S. The van der Waals surface area contributed by atoms with Crippen molar-refractivity contribution in [3.8, 4) is 16.3 Å². The van der Waals surface area contributed by atoms with Gasteiger partial charge in [0.1, 0.15) is 5.75 Å². The first kappa shape index (κ1) is 23.2. The van der Waals surface area contributed by atoms with Crippen LogP contribution in [0.1, 0.15) is 17.7 Å². The first-order chi connectivity index (χ1) is 16.5. The van der Waals surface area contributed by atoms with E-state index >= 15 is 0 Å². The van der Waals surface area contributed by atoms with Gasteiger partial charge in [0.15, 0.2) is 5.13 Å². The molecule has 0 aliphatic rings. The smallest absolute Gasteiger partial charge is 0.227 e. The van der Waals surface area contributed by atoms with Crippen molar-refractivity contribution in [3.63, 3.8) is 0 Å². The Morgan fingerprint density at radius 1 is 1.06 bits per heavy atom. The second kappa shape index (κ2) is 10.8. The number of carbonyl (C=O) groups is 1. The van der Waals surface area contributed by atoms with Gasteiger partial charge in [-0.3, -0.25) is 4.79 Å². The highest BCUT2D eigenvalue weighted by Gasteiger charge is 2.12. The standard InChI is InChI=1S/C25H26N6O2S/c1-16-23(34-25(26-2)28-16)21-13-14-27-24(31-21)30-19-6-4-5-18(15-19)29-22(32)12-9-17-7-10-20(33-3)11-8-17/h4-8,10-11,13-15H,9,12H2,1-3H3,(H,26,28)(H,29,32)(H,27,30,31). The van der Waals surface area contributed by atoms with Gasteiger partial charge in [0.05, 0.1) is 23.4 Å². The van der Waals surface area contributed by atoms with Crippen molar-refractivity contribution < 1.29 is 9.53 Å². The van der Waals surface area contributed by atoms with Crippen LogP contribution in [0.5, 0.6) is 5.75 Å². The largest absolute Gasteiger partial charge is 0.497 e. The van der Waals surface area contributed by atoms with E-state index in [-0.39, 0.29) is 5.91 Å². The average Bonchev–Trinajstić information content (AvgIpc) is 3.24. The maximum absolute atomic E-state index is 12.4. The van der Waals surface area contributed by atoms with Gasteiger partial charge < -0.3 is 20.7 Å². The number of aryl methyl sites for hydroxylation is 2. The molecule has 3 N–H and O–H groups in total. The summed E-state index contributed by atoms with van der Waals surface area (Å²) in [6.07, 6.45) is 2.76. The molecule has 0 radical (unpaired) electrons. The van der Waals surface area contributed by atoms with Gasteiger partial charge in [-0.1, -0.05) is 29.5 Å². The van der Waals surface area contributed by atoms with Gasteiger partial charge in [-0.25, -0.2) is 15.0 Å². The highest BCUT2D eigenvalue weighted by molar-refractivity contribution is 7.19. The molecule has 1 amide bonds. The van der Waals surface area contributed by atoms with Gasteiger partial charge in [-0.05, 0) is 55.3 Å². The van der Waals surface area contributed by atoms with Gasteiger partial charge in [0.2, 0.25) is 11.9 Å². The first-order valence-corrected chi connectivity index (χ1v) is 11.6. The number of hydrogen-bond acceptors (Lipinski definition) is 8. The number of amides is 1. The highest BCUT2D eigenvalue weighted by atomic mass is 32.1. The van der Waals surface area contributed by atoms with Crippen LogP contribution in [0, 0.1) is 6.92 Å². The van der Waals surface area contributed by atoms with Crippen molar-refractivity contribution in [2.45, 2.75) is 19.8 Å². The molecule has 0 atom stereocenters. The molecule has 2 heterocycles. The zero-order valence-electron chi connectivity index (χ0n) is 19.3. The third-order valence-corrected chi connectivity index (χ3v) is 6.30. The monoisotopic (exact) mass is 474 g/mol. The lowest BCUT2D eigenvalue weighted by molar-refractivity contribution is -0.116. The topological polar surface area (TPSA) is 101 Å². The van der Waals surface area contributed by atoms with Crippen molar-refractivity contribution >= 4 is 39.7 Å². The van der Waals surface area contributed by atoms with E-state index in [9.17, 15) is 4.79 Å². The number of anilines is 4. The highest BCUT2D eigenvalue weighted by Crippen LogP contribution is 2.31. The number of rotatable bonds is 9. The number of hydrogen-bond donors (Lipinski definition) is 3. The summed E-state index contributed by atoms with van der Waals surface area (Å²) in [5, 5.41) is 10.1. The second-order valence-corrected chi connectivity index (χ2v) is 8.55. The molecule has 0 unspecified atom stereocenters. The van der Waals surface area contributed by atoms with Gasteiger partial charge in [-0.15, -0.1) is 0 Å². The lowest BCUT2D eigenvalue weighted by atomic mass is 10.1. The molecule has 0 bridgehead atoms. The van der Waals surface area contributed by atoms with Crippen LogP contribution in [0.2, 0.25) is 0 Å². The summed E-state index contributed by atoms with van der Waals surface area (Å²) in [6.45, 7) is 1.96. The lowest BCUT2D eigenvalue weighted by Crippen LogP contribution is -2.12. The third-order valence-electron chi connectivity index (χ3n) is 5.10. The number of nitrogens with zero attached hydrogens (tertiary/aromatic N) is 3. The molecule has 8 nitrogen and oxygen atoms in total. The summed E-state index contributed by atoms with van der Waals surface area (Å²) in [6, 6.07) is 17.1. The Hall–Kier alpha value is -3.98. The average molecular weight is 475 g/mol. The van der Waals surface area contributed by atoms with Crippen LogP contribution in [-0.2, 0) is 11.2 Å². The van der Waals surface area contributed by atoms with E-state index in [1.54, 1.807) is 24.6 Å². The predicted octanol–water partition coefficient (Wildman–Crippen LogP) is 5.27. The Kier molecular flexibility index (Phi) is 7.34. The maximum Gasteiger partial charge on any atom is 0.227 e. The van der Waals surface area contributed by atoms with E-state index in [0.717, 1.165) is 38.4 Å². The van der Waals surface area contributed by atoms with Gasteiger partial charge in [-0.2, -0.15) is 0 Å². The number of methoxy groups -OCH3 is 1. The van der Waals surface area contributed by atoms with Crippen LogP contribution >= 0.6 is 11.3 Å². The lowest BCUT2D eigenvalue weighted by Gasteiger charge is -2.09. The summed E-state index contributed by atoms with van der Waals surface area (Å²) in [5.74, 6) is 1.23. The van der Waals surface area contributed by atoms with Crippen LogP contribution in [0.15, 0.2) is 60.8 Å². The Morgan fingerprint density at radius 3 is 2.59 bits per heavy atom. The van der Waals surface area contributed by atoms with Crippen molar-refractivity contribution in [1.29, 1.82) is 0 Å². The molecule has 9 heteroatoms. The predicted molar refractivity (Wildman–Crippen MR) is 137 cm³/mol. The molecule has 0 fully saturated rings. The van der Waals surface area contributed by atoms with Crippen molar-refractivity contribution in [3.05, 3.63) is 72.1 Å². The van der Waals surface area contributed by atoms with Crippen molar-refractivity contribution in [2.75, 3.05) is 30.1 Å². The maximum atomic E-state index is 12.4. The van der Waals surface area contributed by atoms with Crippen LogP contribution in [-0.4, -0.2) is 35.0 Å². The fourth-order valence-corrected chi connectivity index (χ4v) is 4.25. The molecule has 4 rings (SSSR count). The number of benzene rings is 2. The van der Waals surface area contributed by atoms with Crippen LogP contribution in [0.4, 0.5) is 22.5 Å². The van der Waals surface area contributed by atoms with Crippen LogP contribution in [0.25, 0.3) is 10.6 Å². The van der Waals surface area contributed by atoms with Gasteiger partial charge >= 0.3 is 0 Å². The Balaban J connectivity index is 1.38. The minimum atomic E-state index is -0.0489. The van der Waals surface area contributed by atoms with E-state index in [0.29, 0.717) is 24.5 Å². The molecular weight excluding hydrogens is 448 g/mol. The van der Waals surface area contributed by atoms with Crippen molar-refractivity contribution in [1.82, 2.24) is 15.0 Å². The summed E-state index contributed by atoms with van der Waals surface area (Å²) >= 11 is 1.55. The number of nitrogens with one attached hydrogen (secondary N) is 3. The summed E-state index contributed by atoms with van der Waals surface area (Å²) in [4.78, 5) is 26.9. The molecule has 0 saturated carbocycles. The van der Waals surface area contributed by atoms with Crippen molar-refractivity contribution in [2.24, 2.45) is 0 Å². The van der Waals surface area contributed by atoms with Gasteiger partial charge in [0, 0.05) is 31.0 Å². The van der Waals surface area contributed by atoms with Gasteiger partial charge in [0.25, 0.3) is 0 Å². The zero-order chi connectivity index (χ0) is 23.9. The quantitative estimate of drug-likeness (QED) is 0.304. The summed E-state index contributed by atoms with van der Waals surface area (Å²) < 4.78 is 5.17. The van der Waals surface area contributed by atoms with E-state index in [2.05, 4.69) is 30.9 Å². The number of aromatic nitrogens is 3. The number of ether oxygens (including phenoxy) is 1. The fraction of sp³-hybridized carbons (Fsp3) is 0.200. The van der Waals surface area contributed by atoms with E-state index in [4.69, 9.17) is 4.74 Å². The Bertz CT molecular complexity index is 1270. The zero-order valence-corrected chi connectivity index (χ0v) is 20.1.